The number of nitrogens with zero attached hydrogens (tertiary/aromatic N) is 5. The van der Waals surface area contributed by atoms with Crippen molar-refractivity contribution in [2.24, 2.45) is 5.11 Å². The number of methoxy groups -OCH3 is 2. The molecule has 3 heterocycles. The molecule has 2 fully saturated rings. The molecular weight excluding hydrogens is 1010 g/mol. The Balaban J connectivity index is 1.46. The van der Waals surface area contributed by atoms with Gasteiger partial charge in [0, 0.05) is 51.4 Å². The third-order valence-corrected chi connectivity index (χ3v) is 11.0. The Morgan fingerprint density at radius 1 is 0.908 bits per heavy atom. The van der Waals surface area contributed by atoms with Crippen LogP contribution < -0.4 is 29.9 Å². The van der Waals surface area contributed by atoms with Crippen LogP contribution in [0.2, 0.25) is 0 Å². The van der Waals surface area contributed by atoms with E-state index in [0.29, 0.717) is 12.0 Å². The first kappa shape index (κ1) is 59.0. The zero-order valence-corrected chi connectivity index (χ0v) is 43.1. The van der Waals surface area contributed by atoms with Gasteiger partial charge in [0.15, 0.2) is 36.0 Å². The quantitative estimate of drug-likeness (QED) is 0.0222. The lowest BCUT2D eigenvalue weighted by atomic mass is 9.97. The minimum atomic E-state index is -1.88. The van der Waals surface area contributed by atoms with Gasteiger partial charge in [0.1, 0.15) is 18.0 Å². The Labute approximate surface area is 435 Å². The summed E-state index contributed by atoms with van der Waals surface area (Å²) in [4.78, 5) is 115. The number of esters is 4. The van der Waals surface area contributed by atoms with Gasteiger partial charge in [-0.15, -0.1) is 0 Å². The van der Waals surface area contributed by atoms with Crippen LogP contribution in [0.25, 0.3) is 10.4 Å². The van der Waals surface area contributed by atoms with Crippen LogP contribution in [-0.2, 0) is 68.5 Å². The number of aliphatic hydroxyl groups excluding tert-OH is 1. The van der Waals surface area contributed by atoms with E-state index in [0.717, 1.165) is 32.8 Å². The summed E-state index contributed by atoms with van der Waals surface area (Å²) in [6.45, 7) is 11.4. The summed E-state index contributed by atoms with van der Waals surface area (Å²) in [6, 6.07) is 5.63. The van der Waals surface area contributed by atoms with Gasteiger partial charge < -0.3 is 67.4 Å². The van der Waals surface area contributed by atoms with E-state index in [9.17, 15) is 43.5 Å². The molecule has 0 spiro atoms. The molecule has 414 valence electrons. The standard InChI is InChI=1S/C48H61N7O21/c1-25-19-33-43(61)55(32-22-36(68-15-10-13-51-53-49)35(65-8)21-30(32)42(60)54(33)23-25)47(64)69-24-29-11-12-34(31(20-29)41(59)50-14-16-67-17-18-70-52-46(63)76-48(5,6)7)74-45-40(73-28(4)58)38(72-27(3)57)37(71-26(2)56)39(75-45)44(62)66-9/h11-12,20-22,33,37-40,43,45,61H,1,10,13-19,23-24H2,2-9H3,(H,50,59)(H,52,63)/t33-,37-,38-,39-,40+,43?,45+/m0/s1. The van der Waals surface area contributed by atoms with Gasteiger partial charge in [0.2, 0.25) is 12.4 Å². The number of ether oxygens (including phenoxy) is 11. The van der Waals surface area contributed by atoms with Crippen molar-refractivity contribution in [3.05, 3.63) is 69.6 Å². The van der Waals surface area contributed by atoms with Crippen LogP contribution >= 0.6 is 0 Å². The second kappa shape index (κ2) is 27.0. The second-order valence-corrected chi connectivity index (χ2v) is 17.9. The summed E-state index contributed by atoms with van der Waals surface area (Å²) >= 11 is 0. The molecule has 0 bridgehead atoms. The fourth-order valence-corrected chi connectivity index (χ4v) is 7.95. The van der Waals surface area contributed by atoms with Crippen LogP contribution in [0.5, 0.6) is 17.2 Å². The second-order valence-electron chi connectivity index (χ2n) is 17.9. The van der Waals surface area contributed by atoms with Gasteiger partial charge in [-0.05, 0) is 62.9 Å². The van der Waals surface area contributed by atoms with Gasteiger partial charge in [0.05, 0.1) is 63.5 Å². The number of anilines is 1. The summed E-state index contributed by atoms with van der Waals surface area (Å²) in [6.07, 6.45) is -12.1. The highest BCUT2D eigenvalue weighted by atomic mass is 16.7. The Kier molecular flexibility index (Phi) is 21.0. The number of azide groups is 1. The lowest BCUT2D eigenvalue weighted by Gasteiger charge is -2.43. The molecule has 3 aliphatic rings. The smallest absolute Gasteiger partial charge is 0.431 e. The normalized spacial score (nSPS) is 20.8. The average Bonchev–Trinajstić information content (AvgIpc) is 3.73. The molecule has 0 saturated carbocycles. The molecule has 2 aromatic carbocycles. The summed E-state index contributed by atoms with van der Waals surface area (Å²) in [5, 5.41) is 18.0. The highest BCUT2D eigenvalue weighted by Gasteiger charge is 2.56. The number of hydrogen-bond acceptors (Lipinski definition) is 22. The molecule has 0 aliphatic carbocycles. The molecule has 1 unspecified atom stereocenters. The van der Waals surface area contributed by atoms with Gasteiger partial charge in [-0.25, -0.2) is 19.3 Å². The van der Waals surface area contributed by atoms with Gasteiger partial charge in [0.25, 0.3) is 11.8 Å². The van der Waals surface area contributed by atoms with E-state index in [2.05, 4.69) is 27.4 Å². The molecule has 3 N–H and O–H groups in total. The summed E-state index contributed by atoms with van der Waals surface area (Å²) < 4.78 is 61.1. The van der Waals surface area contributed by atoms with E-state index in [4.69, 9.17) is 62.5 Å². The van der Waals surface area contributed by atoms with Crippen molar-refractivity contribution in [2.45, 2.75) is 110 Å². The molecular formula is C48H61N7O21. The number of amides is 4. The van der Waals surface area contributed by atoms with E-state index in [1.54, 1.807) is 20.8 Å². The van der Waals surface area contributed by atoms with Gasteiger partial charge in [-0.2, -0.15) is 5.48 Å². The lowest BCUT2D eigenvalue weighted by molar-refractivity contribution is -0.282. The molecule has 0 radical (unpaired) electrons. The Bertz CT molecular complexity index is 2550. The maximum absolute atomic E-state index is 14.4. The van der Waals surface area contributed by atoms with E-state index in [-0.39, 0.29) is 92.1 Å². The van der Waals surface area contributed by atoms with Crippen LogP contribution in [0.1, 0.15) is 80.7 Å². The Hall–Kier alpha value is -7.91. The Morgan fingerprint density at radius 2 is 1.61 bits per heavy atom. The minimum Gasteiger partial charge on any atom is -0.493 e. The number of rotatable bonds is 22. The average molecular weight is 1070 g/mol. The van der Waals surface area contributed by atoms with Crippen molar-refractivity contribution in [1.29, 1.82) is 0 Å². The highest BCUT2D eigenvalue weighted by Crippen LogP contribution is 2.42. The molecule has 7 atom stereocenters. The van der Waals surface area contributed by atoms with Crippen molar-refractivity contribution in [3.8, 4) is 17.2 Å². The lowest BCUT2D eigenvalue weighted by Crippen LogP contribution is -2.64. The molecule has 4 amide bonds. The fourth-order valence-electron chi connectivity index (χ4n) is 7.95. The Morgan fingerprint density at radius 3 is 2.26 bits per heavy atom. The SMILES string of the molecule is C=C1C[C@H]2C(O)N(C(=O)OCc3ccc(O[C@@H]4O[C@H](C(=O)OC)[C@@H](OC(C)=O)[C@H](OC(C)=O)[C@H]4OC(C)=O)c(C(=O)NCCOCCONC(=O)OC(C)(C)C)c3)c3cc(OCCCN=[N+]=[N-])c(OC)cc3C(=O)N2C1. The van der Waals surface area contributed by atoms with Crippen molar-refractivity contribution in [1.82, 2.24) is 15.7 Å². The molecule has 0 aromatic heterocycles. The molecule has 5 rings (SSSR count). The third-order valence-electron chi connectivity index (χ3n) is 11.0. The fraction of sp³-hybridized carbons (Fsp3) is 0.542. The molecule has 2 saturated heterocycles. The number of aliphatic hydroxyl groups is 1. The number of nitrogens with one attached hydrogen (secondary N) is 2. The van der Waals surface area contributed by atoms with Crippen LogP contribution in [0.4, 0.5) is 15.3 Å². The van der Waals surface area contributed by atoms with Gasteiger partial charge in [-0.3, -0.25) is 28.8 Å². The van der Waals surface area contributed by atoms with Gasteiger partial charge in [-0.1, -0.05) is 23.3 Å². The van der Waals surface area contributed by atoms with Crippen LogP contribution in [-0.4, -0.2) is 167 Å². The topological polar surface area (TPSA) is 347 Å². The van der Waals surface area contributed by atoms with Crippen molar-refractivity contribution < 1.29 is 100 Å². The van der Waals surface area contributed by atoms with Crippen LogP contribution in [0.3, 0.4) is 0 Å². The molecule has 2 aromatic rings. The summed E-state index contributed by atoms with van der Waals surface area (Å²) in [5.41, 5.74) is 10.4. The molecule has 28 nitrogen and oxygen atoms in total. The predicted molar refractivity (Wildman–Crippen MR) is 257 cm³/mol. The van der Waals surface area contributed by atoms with E-state index in [1.165, 1.54) is 42.3 Å². The molecule has 3 aliphatic heterocycles. The molecule has 28 heteroatoms. The first-order valence-corrected chi connectivity index (χ1v) is 23.6. The van der Waals surface area contributed by atoms with Gasteiger partial charge >= 0.3 is 36.1 Å². The van der Waals surface area contributed by atoms with Crippen LogP contribution in [0, 0.1) is 0 Å². The number of hydroxylamine groups is 1. The van der Waals surface area contributed by atoms with E-state index < -0.39 is 103 Å². The number of benzene rings is 2. The minimum absolute atomic E-state index is 0.0325. The third kappa shape index (κ3) is 15.8. The highest BCUT2D eigenvalue weighted by molar-refractivity contribution is 6.06. The number of carbonyl (C=O) groups excluding carboxylic acids is 8. The first-order valence-electron chi connectivity index (χ1n) is 23.6. The van der Waals surface area contributed by atoms with Crippen LogP contribution in [0.15, 0.2) is 47.6 Å². The zero-order chi connectivity index (χ0) is 55.9. The zero-order valence-electron chi connectivity index (χ0n) is 43.1. The summed E-state index contributed by atoms with van der Waals surface area (Å²) in [7, 11) is 2.35. The van der Waals surface area contributed by atoms with E-state index in [1.807, 2.05) is 0 Å². The first-order chi connectivity index (χ1) is 36.1. The number of carbonyl (C=O) groups is 8. The molecule has 76 heavy (non-hydrogen) atoms. The predicted octanol–water partition coefficient (Wildman–Crippen LogP) is 3.29. The summed E-state index contributed by atoms with van der Waals surface area (Å²) in [5.74, 6) is -5.40. The maximum Gasteiger partial charge on any atom is 0.431 e. The van der Waals surface area contributed by atoms with Crippen molar-refractivity contribution >= 4 is 53.6 Å². The van der Waals surface area contributed by atoms with E-state index >= 15 is 0 Å². The van der Waals surface area contributed by atoms with Crippen molar-refractivity contribution in [3.63, 3.8) is 0 Å². The van der Waals surface area contributed by atoms with Crippen molar-refractivity contribution in [2.75, 3.05) is 65.2 Å². The number of hydrogen-bond donors (Lipinski definition) is 3. The maximum atomic E-state index is 14.4. The number of fused-ring (bicyclic) bond motifs is 2. The monoisotopic (exact) mass is 1070 g/mol. The largest absolute Gasteiger partial charge is 0.493 e.